The molecule has 24 heavy (non-hydrogen) atoms. The molecule has 0 atom stereocenters. The summed E-state index contributed by atoms with van der Waals surface area (Å²) in [6.45, 7) is 1.53. The van der Waals surface area contributed by atoms with Gasteiger partial charge in [0.25, 0.3) is 0 Å². The molecule has 0 heterocycles. The summed E-state index contributed by atoms with van der Waals surface area (Å²) in [6, 6.07) is 10.2. The van der Waals surface area contributed by atoms with Crippen LogP contribution in [0.5, 0.6) is 0 Å². The van der Waals surface area contributed by atoms with E-state index in [0.717, 1.165) is 0 Å². The standard InChI is InChI=1S/C17H15Cl2FN2O2/c1-11(23)22(16-10-12(18)2-7-15(16)19)9-8-17(24)21-14-5-3-13(20)4-6-14/h2-7,10H,8-9H2,1H3,(H,21,24). The number of benzene rings is 2. The molecule has 2 aromatic carbocycles. The van der Waals surface area contributed by atoms with E-state index in [0.29, 0.717) is 21.4 Å². The second-order valence-corrected chi connectivity index (χ2v) is 5.92. The van der Waals surface area contributed by atoms with Crippen molar-refractivity contribution in [2.24, 2.45) is 0 Å². The zero-order chi connectivity index (χ0) is 17.7. The van der Waals surface area contributed by atoms with Crippen molar-refractivity contribution in [1.29, 1.82) is 0 Å². The predicted molar refractivity (Wildman–Crippen MR) is 94.1 cm³/mol. The van der Waals surface area contributed by atoms with Crippen molar-refractivity contribution in [3.63, 3.8) is 0 Å². The highest BCUT2D eigenvalue weighted by molar-refractivity contribution is 6.35. The molecular weight excluding hydrogens is 354 g/mol. The van der Waals surface area contributed by atoms with Crippen LogP contribution in [0.3, 0.4) is 0 Å². The van der Waals surface area contributed by atoms with Crippen LogP contribution < -0.4 is 10.2 Å². The normalized spacial score (nSPS) is 10.3. The Hall–Kier alpha value is -2.11. The average molecular weight is 369 g/mol. The molecule has 0 radical (unpaired) electrons. The van der Waals surface area contributed by atoms with Gasteiger partial charge in [0.1, 0.15) is 5.82 Å². The summed E-state index contributed by atoms with van der Waals surface area (Å²) in [4.78, 5) is 25.3. The van der Waals surface area contributed by atoms with Gasteiger partial charge in [-0.1, -0.05) is 23.2 Å². The number of nitrogens with one attached hydrogen (secondary N) is 1. The molecule has 126 valence electrons. The Morgan fingerprint density at radius 3 is 2.42 bits per heavy atom. The maximum atomic E-state index is 12.8. The van der Waals surface area contributed by atoms with E-state index in [1.165, 1.54) is 36.1 Å². The summed E-state index contributed by atoms with van der Waals surface area (Å²) in [5.74, 6) is -0.939. The number of hydrogen-bond donors (Lipinski definition) is 1. The van der Waals surface area contributed by atoms with Gasteiger partial charge in [0.2, 0.25) is 11.8 Å². The lowest BCUT2D eigenvalue weighted by Crippen LogP contribution is -2.32. The molecule has 2 aromatic rings. The van der Waals surface area contributed by atoms with Gasteiger partial charge in [-0.3, -0.25) is 9.59 Å². The Labute approximate surface area is 149 Å². The summed E-state index contributed by atoms with van der Waals surface area (Å²) < 4.78 is 12.8. The molecule has 0 aromatic heterocycles. The van der Waals surface area contributed by atoms with E-state index in [-0.39, 0.29) is 30.6 Å². The first-order chi connectivity index (χ1) is 11.4. The quantitative estimate of drug-likeness (QED) is 0.843. The van der Waals surface area contributed by atoms with Gasteiger partial charge in [0.05, 0.1) is 10.7 Å². The Balaban J connectivity index is 2.03. The summed E-state index contributed by atoms with van der Waals surface area (Å²) in [5.41, 5.74) is 0.933. The van der Waals surface area contributed by atoms with E-state index < -0.39 is 0 Å². The van der Waals surface area contributed by atoms with Gasteiger partial charge < -0.3 is 10.2 Å². The first-order valence-corrected chi connectivity index (χ1v) is 7.91. The molecular formula is C17H15Cl2FN2O2. The fourth-order valence-electron chi connectivity index (χ4n) is 2.11. The molecule has 0 aliphatic heterocycles. The number of halogens is 3. The topological polar surface area (TPSA) is 49.4 Å². The summed E-state index contributed by atoms with van der Waals surface area (Å²) in [5, 5.41) is 3.45. The minimum absolute atomic E-state index is 0.0554. The predicted octanol–water partition coefficient (Wildman–Crippen LogP) is 4.51. The molecule has 7 heteroatoms. The Kier molecular flexibility index (Phi) is 6.17. The fourth-order valence-corrected chi connectivity index (χ4v) is 2.50. The summed E-state index contributed by atoms with van der Waals surface area (Å²) in [6.07, 6.45) is 0.0554. The van der Waals surface area contributed by atoms with Gasteiger partial charge >= 0.3 is 0 Å². The van der Waals surface area contributed by atoms with E-state index in [9.17, 15) is 14.0 Å². The molecule has 2 amide bonds. The van der Waals surface area contributed by atoms with E-state index in [1.807, 2.05) is 0 Å². The Bertz CT molecular complexity index is 751. The zero-order valence-electron chi connectivity index (χ0n) is 12.9. The number of nitrogens with zero attached hydrogens (tertiary/aromatic N) is 1. The maximum absolute atomic E-state index is 12.8. The lowest BCUT2D eigenvalue weighted by Gasteiger charge is -2.22. The second kappa shape index (κ2) is 8.13. The van der Waals surface area contributed by atoms with Gasteiger partial charge in [-0.15, -0.1) is 0 Å². The van der Waals surface area contributed by atoms with Crippen molar-refractivity contribution in [2.75, 3.05) is 16.8 Å². The van der Waals surface area contributed by atoms with E-state index >= 15 is 0 Å². The molecule has 0 unspecified atom stereocenters. The third-order valence-corrected chi connectivity index (χ3v) is 3.82. The second-order valence-electron chi connectivity index (χ2n) is 5.07. The lowest BCUT2D eigenvalue weighted by molar-refractivity contribution is -0.117. The van der Waals surface area contributed by atoms with Crippen LogP contribution in [-0.4, -0.2) is 18.4 Å². The van der Waals surface area contributed by atoms with Gasteiger partial charge in [-0.2, -0.15) is 0 Å². The first-order valence-electron chi connectivity index (χ1n) is 7.15. The average Bonchev–Trinajstić information content (AvgIpc) is 2.52. The first kappa shape index (κ1) is 18.2. The number of anilines is 2. The third-order valence-electron chi connectivity index (χ3n) is 3.27. The molecule has 2 rings (SSSR count). The molecule has 4 nitrogen and oxygen atoms in total. The minimum Gasteiger partial charge on any atom is -0.326 e. The maximum Gasteiger partial charge on any atom is 0.226 e. The van der Waals surface area contributed by atoms with E-state index in [2.05, 4.69) is 5.32 Å². The van der Waals surface area contributed by atoms with Crippen LogP contribution in [0.2, 0.25) is 10.0 Å². The van der Waals surface area contributed by atoms with Gasteiger partial charge in [-0.05, 0) is 42.5 Å². The number of carbonyl (C=O) groups excluding carboxylic acids is 2. The van der Waals surface area contributed by atoms with Crippen molar-refractivity contribution in [3.8, 4) is 0 Å². The molecule has 0 spiro atoms. The van der Waals surface area contributed by atoms with Crippen LogP contribution in [0.4, 0.5) is 15.8 Å². The summed E-state index contributed by atoms with van der Waals surface area (Å²) in [7, 11) is 0. The summed E-state index contributed by atoms with van der Waals surface area (Å²) >= 11 is 12.0. The highest BCUT2D eigenvalue weighted by atomic mass is 35.5. The van der Waals surface area contributed by atoms with Crippen LogP contribution in [0, 0.1) is 5.82 Å². The zero-order valence-corrected chi connectivity index (χ0v) is 14.4. The van der Waals surface area contributed by atoms with Crippen molar-refractivity contribution in [2.45, 2.75) is 13.3 Å². The van der Waals surface area contributed by atoms with Crippen molar-refractivity contribution in [1.82, 2.24) is 0 Å². The van der Waals surface area contributed by atoms with Crippen molar-refractivity contribution in [3.05, 3.63) is 58.3 Å². The fraction of sp³-hybridized carbons (Fsp3) is 0.176. The van der Waals surface area contributed by atoms with E-state index in [4.69, 9.17) is 23.2 Å². The smallest absolute Gasteiger partial charge is 0.226 e. The molecule has 0 saturated carbocycles. The molecule has 0 fully saturated rings. The van der Waals surface area contributed by atoms with Crippen LogP contribution in [0.1, 0.15) is 13.3 Å². The highest BCUT2D eigenvalue weighted by Gasteiger charge is 2.16. The molecule has 1 N–H and O–H groups in total. The van der Waals surface area contributed by atoms with Crippen molar-refractivity contribution >= 4 is 46.4 Å². The molecule has 0 saturated heterocycles. The van der Waals surface area contributed by atoms with Gasteiger partial charge in [0, 0.05) is 30.6 Å². The number of hydrogen-bond acceptors (Lipinski definition) is 2. The Morgan fingerprint density at radius 1 is 1.12 bits per heavy atom. The van der Waals surface area contributed by atoms with Crippen molar-refractivity contribution < 1.29 is 14.0 Å². The number of rotatable bonds is 5. The molecule has 0 bridgehead atoms. The number of carbonyl (C=O) groups is 2. The van der Waals surface area contributed by atoms with Gasteiger partial charge in [-0.25, -0.2) is 4.39 Å². The van der Waals surface area contributed by atoms with Crippen LogP contribution in [-0.2, 0) is 9.59 Å². The Morgan fingerprint density at radius 2 is 1.79 bits per heavy atom. The molecule has 0 aliphatic rings. The lowest BCUT2D eigenvalue weighted by atomic mass is 10.2. The van der Waals surface area contributed by atoms with E-state index in [1.54, 1.807) is 18.2 Å². The van der Waals surface area contributed by atoms with Crippen LogP contribution in [0.25, 0.3) is 0 Å². The monoisotopic (exact) mass is 368 g/mol. The largest absolute Gasteiger partial charge is 0.326 e. The third kappa shape index (κ3) is 4.94. The SMILES string of the molecule is CC(=O)N(CCC(=O)Nc1ccc(F)cc1)c1cc(Cl)ccc1Cl. The minimum atomic E-state index is -0.383. The van der Waals surface area contributed by atoms with Crippen LogP contribution in [0.15, 0.2) is 42.5 Å². The van der Waals surface area contributed by atoms with Gasteiger partial charge in [0.15, 0.2) is 0 Å². The number of amides is 2. The highest BCUT2D eigenvalue weighted by Crippen LogP contribution is 2.29. The molecule has 0 aliphatic carbocycles. The van der Waals surface area contributed by atoms with Crippen LogP contribution >= 0.6 is 23.2 Å².